The van der Waals surface area contributed by atoms with E-state index in [0.717, 1.165) is 30.4 Å². The van der Waals surface area contributed by atoms with E-state index < -0.39 is 0 Å². The number of ether oxygens (including phenoxy) is 1. The number of carbonyl (C=O) groups is 1. The van der Waals surface area contributed by atoms with Gasteiger partial charge in [-0.15, -0.1) is 0 Å². The normalized spacial score (nSPS) is 11.2. The summed E-state index contributed by atoms with van der Waals surface area (Å²) in [6, 6.07) is 9.98. The number of carbonyl (C=O) groups excluding carboxylic acids is 1. The van der Waals surface area contributed by atoms with Gasteiger partial charge in [-0.25, -0.2) is 4.79 Å². The van der Waals surface area contributed by atoms with Crippen molar-refractivity contribution in [3.05, 3.63) is 36.0 Å². The number of rotatable bonds is 6. The van der Waals surface area contributed by atoms with E-state index in [1.54, 1.807) is 0 Å². The molecule has 0 atom stereocenters. The van der Waals surface area contributed by atoms with E-state index in [2.05, 4.69) is 23.6 Å². The molecule has 1 aromatic heterocycles. The van der Waals surface area contributed by atoms with Crippen molar-refractivity contribution in [1.29, 1.82) is 0 Å². The SMILES string of the molecule is CCOC(=O)c1cc2ccccc2n1CCCN(C)C. The highest BCUT2D eigenvalue weighted by molar-refractivity contribution is 5.95. The molecule has 0 aliphatic rings. The van der Waals surface area contributed by atoms with Crippen LogP contribution in [0.2, 0.25) is 0 Å². The van der Waals surface area contributed by atoms with E-state index in [4.69, 9.17) is 4.74 Å². The molecule has 0 aliphatic heterocycles. The molecule has 0 fully saturated rings. The summed E-state index contributed by atoms with van der Waals surface area (Å²) in [6.45, 7) is 4.05. The van der Waals surface area contributed by atoms with Gasteiger partial charge < -0.3 is 14.2 Å². The van der Waals surface area contributed by atoms with Crippen molar-refractivity contribution in [3.8, 4) is 0 Å². The minimum absolute atomic E-state index is 0.242. The number of hydrogen-bond donors (Lipinski definition) is 0. The molecular formula is C16H22N2O2. The van der Waals surface area contributed by atoms with Crippen LogP contribution in [0.25, 0.3) is 10.9 Å². The zero-order valence-electron chi connectivity index (χ0n) is 12.4. The van der Waals surface area contributed by atoms with E-state index in [0.29, 0.717) is 12.3 Å². The van der Waals surface area contributed by atoms with Gasteiger partial charge in [0.2, 0.25) is 0 Å². The maximum Gasteiger partial charge on any atom is 0.354 e. The van der Waals surface area contributed by atoms with Crippen LogP contribution in [0.1, 0.15) is 23.8 Å². The lowest BCUT2D eigenvalue weighted by Gasteiger charge is -2.13. The monoisotopic (exact) mass is 274 g/mol. The second kappa shape index (κ2) is 6.57. The van der Waals surface area contributed by atoms with Crippen molar-refractivity contribution in [2.24, 2.45) is 0 Å². The highest BCUT2D eigenvalue weighted by Gasteiger charge is 2.16. The summed E-state index contributed by atoms with van der Waals surface area (Å²) >= 11 is 0. The Morgan fingerprint density at radius 1 is 1.30 bits per heavy atom. The third-order valence-electron chi connectivity index (χ3n) is 3.28. The van der Waals surface area contributed by atoms with Crippen molar-refractivity contribution in [3.63, 3.8) is 0 Å². The fraction of sp³-hybridized carbons (Fsp3) is 0.438. The van der Waals surface area contributed by atoms with Crippen molar-refractivity contribution in [1.82, 2.24) is 9.47 Å². The van der Waals surface area contributed by atoms with Gasteiger partial charge in [0.15, 0.2) is 0 Å². The van der Waals surface area contributed by atoms with E-state index in [9.17, 15) is 4.79 Å². The average Bonchev–Trinajstić information content (AvgIpc) is 2.78. The Kier molecular flexibility index (Phi) is 4.79. The van der Waals surface area contributed by atoms with Crippen molar-refractivity contribution < 1.29 is 9.53 Å². The summed E-state index contributed by atoms with van der Waals surface area (Å²) in [4.78, 5) is 14.2. The molecular weight excluding hydrogens is 252 g/mol. The lowest BCUT2D eigenvalue weighted by molar-refractivity contribution is 0.0514. The van der Waals surface area contributed by atoms with Crippen LogP contribution in [-0.4, -0.2) is 42.7 Å². The number of esters is 1. The zero-order chi connectivity index (χ0) is 14.5. The molecule has 0 amide bonds. The molecule has 0 unspecified atom stereocenters. The third-order valence-corrected chi connectivity index (χ3v) is 3.28. The maximum atomic E-state index is 12.1. The molecule has 2 rings (SSSR count). The fourth-order valence-corrected chi connectivity index (χ4v) is 2.37. The summed E-state index contributed by atoms with van der Waals surface area (Å²) in [6.07, 6.45) is 0.998. The summed E-state index contributed by atoms with van der Waals surface area (Å²) in [7, 11) is 4.11. The molecule has 20 heavy (non-hydrogen) atoms. The van der Waals surface area contributed by atoms with E-state index in [1.165, 1.54) is 0 Å². The molecule has 108 valence electrons. The topological polar surface area (TPSA) is 34.5 Å². The van der Waals surface area contributed by atoms with E-state index in [1.807, 2.05) is 37.3 Å². The van der Waals surface area contributed by atoms with Crippen molar-refractivity contribution >= 4 is 16.9 Å². The molecule has 4 nitrogen and oxygen atoms in total. The summed E-state index contributed by atoms with van der Waals surface area (Å²) in [5.74, 6) is -0.242. The molecule has 0 spiro atoms. The van der Waals surface area contributed by atoms with Crippen LogP contribution in [0, 0.1) is 0 Å². The van der Waals surface area contributed by atoms with Gasteiger partial charge in [0, 0.05) is 17.4 Å². The van der Waals surface area contributed by atoms with Gasteiger partial charge in [-0.2, -0.15) is 0 Å². The smallest absolute Gasteiger partial charge is 0.354 e. The molecule has 0 radical (unpaired) electrons. The number of aromatic nitrogens is 1. The predicted molar refractivity (Wildman–Crippen MR) is 81.1 cm³/mol. The van der Waals surface area contributed by atoms with Crippen LogP contribution in [-0.2, 0) is 11.3 Å². The molecule has 0 N–H and O–H groups in total. The number of aryl methyl sites for hydroxylation is 1. The first kappa shape index (κ1) is 14.6. The number of benzene rings is 1. The Morgan fingerprint density at radius 2 is 2.05 bits per heavy atom. The molecule has 0 aliphatic carbocycles. The lowest BCUT2D eigenvalue weighted by Crippen LogP contribution is -2.17. The largest absolute Gasteiger partial charge is 0.461 e. The Morgan fingerprint density at radius 3 is 2.75 bits per heavy atom. The van der Waals surface area contributed by atoms with Crippen LogP contribution < -0.4 is 0 Å². The molecule has 0 bridgehead atoms. The van der Waals surface area contributed by atoms with Crippen LogP contribution in [0.3, 0.4) is 0 Å². The average molecular weight is 274 g/mol. The number of fused-ring (bicyclic) bond motifs is 1. The fourth-order valence-electron chi connectivity index (χ4n) is 2.37. The quantitative estimate of drug-likeness (QED) is 0.760. The van der Waals surface area contributed by atoms with Gasteiger partial charge in [0.1, 0.15) is 5.69 Å². The second-order valence-electron chi connectivity index (χ2n) is 5.12. The van der Waals surface area contributed by atoms with Gasteiger partial charge >= 0.3 is 5.97 Å². The molecule has 4 heteroatoms. The van der Waals surface area contributed by atoms with Crippen LogP contribution >= 0.6 is 0 Å². The third kappa shape index (κ3) is 3.20. The second-order valence-corrected chi connectivity index (χ2v) is 5.12. The van der Waals surface area contributed by atoms with Gasteiger partial charge in [0.05, 0.1) is 6.61 Å². The van der Waals surface area contributed by atoms with Crippen molar-refractivity contribution in [2.75, 3.05) is 27.2 Å². The number of nitrogens with zero attached hydrogens (tertiary/aromatic N) is 2. The molecule has 2 aromatic rings. The zero-order valence-corrected chi connectivity index (χ0v) is 12.4. The Labute approximate surface area is 119 Å². The first-order chi connectivity index (χ1) is 9.63. The van der Waals surface area contributed by atoms with Crippen LogP contribution in [0.15, 0.2) is 30.3 Å². The number of hydrogen-bond acceptors (Lipinski definition) is 3. The Hall–Kier alpha value is -1.81. The van der Waals surface area contributed by atoms with Crippen LogP contribution in [0.5, 0.6) is 0 Å². The highest BCUT2D eigenvalue weighted by atomic mass is 16.5. The minimum atomic E-state index is -0.242. The summed E-state index contributed by atoms with van der Waals surface area (Å²) in [5, 5.41) is 1.08. The molecule has 0 saturated carbocycles. The van der Waals surface area contributed by atoms with Gasteiger partial charge in [-0.05, 0) is 46.1 Å². The van der Waals surface area contributed by atoms with E-state index >= 15 is 0 Å². The first-order valence-corrected chi connectivity index (χ1v) is 7.03. The van der Waals surface area contributed by atoms with E-state index in [-0.39, 0.29) is 5.97 Å². The Bertz CT molecular complexity index is 587. The van der Waals surface area contributed by atoms with Crippen LogP contribution in [0.4, 0.5) is 0 Å². The molecule has 0 saturated heterocycles. The minimum Gasteiger partial charge on any atom is -0.461 e. The molecule has 1 aromatic carbocycles. The predicted octanol–water partition coefficient (Wildman–Crippen LogP) is 2.77. The molecule has 1 heterocycles. The number of para-hydroxylation sites is 1. The van der Waals surface area contributed by atoms with Gasteiger partial charge in [0.25, 0.3) is 0 Å². The standard InChI is InChI=1S/C16H22N2O2/c1-4-20-16(19)15-12-13-8-5-6-9-14(13)18(15)11-7-10-17(2)3/h5-6,8-9,12H,4,7,10-11H2,1-3H3. The maximum absolute atomic E-state index is 12.1. The highest BCUT2D eigenvalue weighted by Crippen LogP contribution is 2.21. The summed E-state index contributed by atoms with van der Waals surface area (Å²) in [5.41, 5.74) is 1.74. The van der Waals surface area contributed by atoms with Gasteiger partial charge in [-0.3, -0.25) is 0 Å². The summed E-state index contributed by atoms with van der Waals surface area (Å²) < 4.78 is 7.22. The first-order valence-electron chi connectivity index (χ1n) is 7.03. The lowest BCUT2D eigenvalue weighted by atomic mass is 10.2. The van der Waals surface area contributed by atoms with Gasteiger partial charge in [-0.1, -0.05) is 18.2 Å². The Balaban J connectivity index is 2.32. The van der Waals surface area contributed by atoms with Crippen molar-refractivity contribution in [2.45, 2.75) is 19.9 Å².